The molecule has 2 aliphatic rings. The number of hydrogen-bond acceptors (Lipinski definition) is 7. The first-order chi connectivity index (χ1) is 16.5. The van der Waals surface area contributed by atoms with E-state index in [9.17, 15) is 8.42 Å². The summed E-state index contributed by atoms with van der Waals surface area (Å²) in [6, 6.07) is 16.6. The largest absolute Gasteiger partial charge is 0.497 e. The van der Waals surface area contributed by atoms with Crippen LogP contribution in [-0.2, 0) is 23.0 Å². The predicted molar refractivity (Wildman–Crippen MR) is 131 cm³/mol. The van der Waals surface area contributed by atoms with Crippen LogP contribution in [0.1, 0.15) is 11.3 Å². The average Bonchev–Trinajstić information content (AvgIpc) is 2.88. The van der Waals surface area contributed by atoms with Crippen molar-refractivity contribution in [3.63, 3.8) is 0 Å². The maximum atomic E-state index is 13.5. The van der Waals surface area contributed by atoms with Crippen molar-refractivity contribution >= 4 is 15.8 Å². The SMILES string of the molecule is COc1cccc(S(=O)(=O)N2CCc3nc(-c4ccccc4)nc(N4CCN(C)CC4)c3C2)c1. The number of ether oxygens (including phenoxy) is 1. The van der Waals surface area contributed by atoms with E-state index >= 15 is 0 Å². The Morgan fingerprint density at radius 2 is 1.68 bits per heavy atom. The first-order valence-electron chi connectivity index (χ1n) is 11.5. The Morgan fingerprint density at radius 3 is 2.41 bits per heavy atom. The molecule has 2 aromatic carbocycles. The van der Waals surface area contributed by atoms with Crippen LogP contribution in [0.2, 0.25) is 0 Å². The highest BCUT2D eigenvalue weighted by molar-refractivity contribution is 7.89. The standard InChI is InChI=1S/C25H29N5O3S/c1-28-13-15-29(16-14-28)25-22-18-30(34(31,32)21-10-6-9-20(17-21)33-2)12-11-23(22)26-24(27-25)19-7-4-3-5-8-19/h3-10,17H,11-16,18H2,1-2H3. The van der Waals surface area contributed by atoms with Crippen LogP contribution in [0.15, 0.2) is 59.5 Å². The highest BCUT2D eigenvalue weighted by Crippen LogP contribution is 2.33. The summed E-state index contributed by atoms with van der Waals surface area (Å²) in [6.45, 7) is 4.19. The van der Waals surface area contributed by atoms with Gasteiger partial charge in [0, 0.05) is 62.9 Å². The number of piperazine rings is 1. The van der Waals surface area contributed by atoms with E-state index < -0.39 is 10.0 Å². The molecule has 8 nitrogen and oxygen atoms in total. The molecular formula is C25H29N5O3S. The topological polar surface area (TPSA) is 78.9 Å². The van der Waals surface area contributed by atoms with Crippen molar-refractivity contribution in [3.8, 4) is 17.1 Å². The van der Waals surface area contributed by atoms with Crippen molar-refractivity contribution < 1.29 is 13.2 Å². The van der Waals surface area contributed by atoms with Gasteiger partial charge >= 0.3 is 0 Å². The summed E-state index contributed by atoms with van der Waals surface area (Å²) in [7, 11) is -0.0346. The zero-order valence-corrected chi connectivity index (χ0v) is 20.3. The zero-order valence-electron chi connectivity index (χ0n) is 19.5. The number of fused-ring (bicyclic) bond motifs is 1. The van der Waals surface area contributed by atoms with Crippen LogP contribution in [-0.4, -0.2) is 74.5 Å². The van der Waals surface area contributed by atoms with Gasteiger partial charge in [0.05, 0.1) is 17.7 Å². The van der Waals surface area contributed by atoms with Crippen LogP contribution in [0, 0.1) is 0 Å². The van der Waals surface area contributed by atoms with Gasteiger partial charge < -0.3 is 14.5 Å². The molecule has 5 rings (SSSR count). The van der Waals surface area contributed by atoms with E-state index in [1.54, 1.807) is 24.3 Å². The number of rotatable bonds is 5. The van der Waals surface area contributed by atoms with Crippen LogP contribution in [0.25, 0.3) is 11.4 Å². The van der Waals surface area contributed by atoms with E-state index in [0.29, 0.717) is 24.5 Å². The summed E-state index contributed by atoms with van der Waals surface area (Å²) in [5.74, 6) is 2.06. The molecule has 1 fully saturated rings. The molecule has 0 radical (unpaired) electrons. The second-order valence-corrected chi connectivity index (χ2v) is 10.7. The van der Waals surface area contributed by atoms with Crippen molar-refractivity contribution in [2.75, 3.05) is 51.8 Å². The number of aromatic nitrogens is 2. The maximum Gasteiger partial charge on any atom is 0.243 e. The van der Waals surface area contributed by atoms with Gasteiger partial charge in [-0.05, 0) is 19.2 Å². The van der Waals surface area contributed by atoms with E-state index in [2.05, 4.69) is 16.8 Å². The highest BCUT2D eigenvalue weighted by atomic mass is 32.2. The molecule has 1 aromatic heterocycles. The third-order valence-electron chi connectivity index (χ3n) is 6.52. The summed E-state index contributed by atoms with van der Waals surface area (Å²) >= 11 is 0. The van der Waals surface area contributed by atoms with E-state index in [1.807, 2.05) is 30.3 Å². The predicted octanol–water partition coefficient (Wildman–Crippen LogP) is 2.65. The van der Waals surface area contributed by atoms with E-state index in [4.69, 9.17) is 14.7 Å². The summed E-state index contributed by atoms with van der Waals surface area (Å²) in [6.07, 6.45) is 0.543. The monoisotopic (exact) mass is 479 g/mol. The molecule has 0 saturated carbocycles. The van der Waals surface area contributed by atoms with Gasteiger partial charge in [0.1, 0.15) is 11.6 Å². The lowest BCUT2D eigenvalue weighted by Crippen LogP contribution is -2.46. The molecule has 9 heteroatoms. The third-order valence-corrected chi connectivity index (χ3v) is 8.36. The molecule has 0 atom stereocenters. The van der Waals surface area contributed by atoms with Crippen LogP contribution in [0.4, 0.5) is 5.82 Å². The van der Waals surface area contributed by atoms with Crippen molar-refractivity contribution in [1.82, 2.24) is 19.2 Å². The number of nitrogens with zero attached hydrogens (tertiary/aromatic N) is 5. The fourth-order valence-corrected chi connectivity index (χ4v) is 5.93. The summed E-state index contributed by atoms with van der Waals surface area (Å²) < 4.78 is 33.8. The van der Waals surface area contributed by atoms with Gasteiger partial charge in [0.25, 0.3) is 0 Å². The van der Waals surface area contributed by atoms with Crippen molar-refractivity contribution in [1.29, 1.82) is 0 Å². The number of benzene rings is 2. The van der Waals surface area contributed by atoms with Gasteiger partial charge in [0.2, 0.25) is 10.0 Å². The lowest BCUT2D eigenvalue weighted by atomic mass is 10.1. The van der Waals surface area contributed by atoms with Crippen LogP contribution in [0.3, 0.4) is 0 Å². The van der Waals surface area contributed by atoms with Crippen molar-refractivity contribution in [3.05, 3.63) is 65.9 Å². The molecule has 0 unspecified atom stereocenters. The molecule has 0 aliphatic carbocycles. The Kier molecular flexibility index (Phi) is 6.24. The van der Waals surface area contributed by atoms with Gasteiger partial charge in [-0.1, -0.05) is 36.4 Å². The van der Waals surface area contributed by atoms with Gasteiger partial charge in [-0.2, -0.15) is 4.31 Å². The van der Waals surface area contributed by atoms with Crippen molar-refractivity contribution in [2.45, 2.75) is 17.9 Å². The quantitative estimate of drug-likeness (QED) is 0.557. The van der Waals surface area contributed by atoms with Gasteiger partial charge in [-0.15, -0.1) is 0 Å². The minimum atomic E-state index is -3.68. The fourth-order valence-electron chi connectivity index (χ4n) is 4.48. The fraction of sp³-hybridized carbons (Fsp3) is 0.360. The second-order valence-electron chi connectivity index (χ2n) is 8.72. The van der Waals surface area contributed by atoms with E-state index in [-0.39, 0.29) is 11.4 Å². The molecule has 1 saturated heterocycles. The Bertz CT molecular complexity index is 1270. The van der Waals surface area contributed by atoms with Crippen LogP contribution < -0.4 is 9.64 Å². The van der Waals surface area contributed by atoms with Gasteiger partial charge in [0.15, 0.2) is 5.82 Å². The molecule has 3 heterocycles. The Labute approximate surface area is 200 Å². The van der Waals surface area contributed by atoms with Gasteiger partial charge in [-0.3, -0.25) is 0 Å². The first kappa shape index (κ1) is 22.8. The highest BCUT2D eigenvalue weighted by Gasteiger charge is 2.33. The molecule has 0 amide bonds. The van der Waals surface area contributed by atoms with Crippen LogP contribution >= 0.6 is 0 Å². The number of likely N-dealkylation sites (N-methyl/N-ethyl adjacent to an activating group) is 1. The van der Waals surface area contributed by atoms with Gasteiger partial charge in [-0.25, -0.2) is 18.4 Å². The smallest absolute Gasteiger partial charge is 0.243 e. The summed E-state index contributed by atoms with van der Waals surface area (Å²) in [5.41, 5.74) is 2.80. The molecule has 34 heavy (non-hydrogen) atoms. The second kappa shape index (κ2) is 9.32. The Hall–Kier alpha value is -3.01. The normalized spacial score (nSPS) is 17.4. The lowest BCUT2D eigenvalue weighted by Gasteiger charge is -2.36. The molecule has 178 valence electrons. The van der Waals surface area contributed by atoms with Crippen molar-refractivity contribution in [2.24, 2.45) is 0 Å². The Morgan fingerprint density at radius 1 is 0.912 bits per heavy atom. The minimum Gasteiger partial charge on any atom is -0.497 e. The number of hydrogen-bond donors (Lipinski definition) is 0. The molecule has 0 N–H and O–H groups in total. The van der Waals surface area contributed by atoms with E-state index in [1.165, 1.54) is 11.4 Å². The molecule has 0 bridgehead atoms. The number of methoxy groups -OCH3 is 1. The average molecular weight is 480 g/mol. The molecular weight excluding hydrogens is 450 g/mol. The third kappa shape index (κ3) is 4.38. The molecule has 0 spiro atoms. The first-order valence-corrected chi connectivity index (χ1v) is 12.9. The van der Waals surface area contributed by atoms with Crippen LogP contribution in [0.5, 0.6) is 5.75 Å². The Balaban J connectivity index is 1.54. The lowest BCUT2D eigenvalue weighted by molar-refractivity contribution is 0.310. The number of anilines is 1. The molecule has 2 aliphatic heterocycles. The number of sulfonamides is 1. The minimum absolute atomic E-state index is 0.235. The molecule has 3 aromatic rings. The maximum absolute atomic E-state index is 13.5. The summed E-state index contributed by atoms with van der Waals surface area (Å²) in [4.78, 5) is 14.7. The zero-order chi connectivity index (χ0) is 23.7. The van der Waals surface area contributed by atoms with E-state index in [0.717, 1.165) is 48.8 Å². The summed E-state index contributed by atoms with van der Waals surface area (Å²) in [5, 5.41) is 0.